The molecule has 0 radical (unpaired) electrons. The van der Waals surface area contributed by atoms with Crippen LogP contribution in [0.15, 0.2) is 18.2 Å². The van der Waals surface area contributed by atoms with E-state index in [2.05, 4.69) is 13.8 Å². The van der Waals surface area contributed by atoms with Gasteiger partial charge in [0.15, 0.2) is 17.9 Å². The fraction of sp³-hybridized carbons (Fsp3) is 0.708. The van der Waals surface area contributed by atoms with Crippen molar-refractivity contribution in [2.75, 3.05) is 19.8 Å². The Morgan fingerprint density at radius 1 is 1.00 bits per heavy atom. The Balaban J connectivity index is 1.69. The van der Waals surface area contributed by atoms with E-state index in [1.54, 1.807) is 6.07 Å². The van der Waals surface area contributed by atoms with Crippen molar-refractivity contribution >= 4 is 5.97 Å². The second-order valence-electron chi connectivity index (χ2n) is 7.92. The van der Waals surface area contributed by atoms with Crippen LogP contribution in [0.5, 0.6) is 11.5 Å². The summed E-state index contributed by atoms with van der Waals surface area (Å²) in [6, 6.07) is 4.32. The van der Waals surface area contributed by atoms with Crippen LogP contribution in [0.3, 0.4) is 0 Å². The molecule has 2 rings (SSSR count). The number of halogens is 1. The smallest absolute Gasteiger partial charge is 0.319 e. The van der Waals surface area contributed by atoms with Gasteiger partial charge in [-0.2, -0.15) is 0 Å². The van der Waals surface area contributed by atoms with Gasteiger partial charge < -0.3 is 18.9 Å². The molecule has 0 saturated carbocycles. The summed E-state index contributed by atoms with van der Waals surface area (Å²) in [7, 11) is 0. The minimum Gasteiger partial charge on any atom is -0.493 e. The van der Waals surface area contributed by atoms with E-state index in [9.17, 15) is 9.18 Å². The van der Waals surface area contributed by atoms with Crippen molar-refractivity contribution in [3.05, 3.63) is 24.0 Å². The molecule has 170 valence electrons. The van der Waals surface area contributed by atoms with Crippen molar-refractivity contribution < 1.29 is 28.1 Å². The normalized spacial score (nSPS) is 18.9. The molecule has 1 fully saturated rings. The predicted octanol–water partition coefficient (Wildman–Crippen LogP) is 6.04. The van der Waals surface area contributed by atoms with E-state index in [1.807, 2.05) is 0 Å². The largest absolute Gasteiger partial charge is 0.493 e. The third-order valence-corrected chi connectivity index (χ3v) is 5.22. The van der Waals surface area contributed by atoms with Crippen LogP contribution >= 0.6 is 0 Å². The standard InChI is InChI=1S/C24H37FO5/c1-3-5-7-8-9-11-15-27-20-13-14-22(21(25)16-20)30-24(26)19-17-28-23(29-18-19)12-10-6-4-2/h13-14,16,19,23H,3-12,15,17-18H2,1-2H3. The van der Waals surface area contributed by atoms with E-state index in [4.69, 9.17) is 18.9 Å². The van der Waals surface area contributed by atoms with Crippen molar-refractivity contribution in [3.8, 4) is 11.5 Å². The molecule has 1 aliphatic rings. The summed E-state index contributed by atoms with van der Waals surface area (Å²) in [5, 5.41) is 0. The number of carbonyl (C=O) groups excluding carboxylic acids is 1. The van der Waals surface area contributed by atoms with Gasteiger partial charge in [0.25, 0.3) is 0 Å². The molecule has 0 amide bonds. The van der Waals surface area contributed by atoms with Crippen LogP contribution in [-0.4, -0.2) is 32.1 Å². The van der Waals surface area contributed by atoms with E-state index < -0.39 is 17.7 Å². The Bertz CT molecular complexity index is 614. The van der Waals surface area contributed by atoms with E-state index in [1.165, 1.54) is 37.8 Å². The third-order valence-electron chi connectivity index (χ3n) is 5.22. The summed E-state index contributed by atoms with van der Waals surface area (Å²) in [5.41, 5.74) is 0. The van der Waals surface area contributed by atoms with Gasteiger partial charge in [-0.3, -0.25) is 4.79 Å². The number of carbonyl (C=O) groups is 1. The van der Waals surface area contributed by atoms with Crippen LogP contribution in [0.25, 0.3) is 0 Å². The second-order valence-corrected chi connectivity index (χ2v) is 7.92. The molecule has 30 heavy (non-hydrogen) atoms. The summed E-state index contributed by atoms with van der Waals surface area (Å²) >= 11 is 0. The number of hydrogen-bond acceptors (Lipinski definition) is 5. The van der Waals surface area contributed by atoms with Crippen LogP contribution in [0, 0.1) is 11.7 Å². The lowest BCUT2D eigenvalue weighted by atomic mass is 10.1. The van der Waals surface area contributed by atoms with Crippen LogP contribution in [0.1, 0.15) is 78.1 Å². The van der Waals surface area contributed by atoms with Crippen LogP contribution in [0.4, 0.5) is 4.39 Å². The topological polar surface area (TPSA) is 54.0 Å². The zero-order valence-corrected chi connectivity index (χ0v) is 18.5. The Hall–Kier alpha value is -1.66. The van der Waals surface area contributed by atoms with Gasteiger partial charge in [0.05, 0.1) is 19.8 Å². The molecule has 1 aliphatic heterocycles. The monoisotopic (exact) mass is 424 g/mol. The van der Waals surface area contributed by atoms with Gasteiger partial charge in [0.2, 0.25) is 0 Å². The molecule has 1 aromatic rings. The molecule has 6 heteroatoms. The molecule has 1 aromatic carbocycles. The Morgan fingerprint density at radius 3 is 2.37 bits per heavy atom. The third kappa shape index (κ3) is 9.00. The maximum atomic E-state index is 14.3. The first-order valence-electron chi connectivity index (χ1n) is 11.5. The summed E-state index contributed by atoms with van der Waals surface area (Å²) < 4.78 is 36.3. The van der Waals surface area contributed by atoms with E-state index in [0.29, 0.717) is 12.4 Å². The highest BCUT2D eigenvalue weighted by Crippen LogP contribution is 2.25. The van der Waals surface area contributed by atoms with Crippen LogP contribution in [-0.2, 0) is 14.3 Å². The SMILES string of the molecule is CCCCCCCCOc1ccc(OC(=O)C2COC(CCCCC)OC2)c(F)c1. The molecule has 1 heterocycles. The number of benzene rings is 1. The molecular formula is C24H37FO5. The van der Waals surface area contributed by atoms with Crippen molar-refractivity contribution in [3.63, 3.8) is 0 Å². The molecule has 1 saturated heterocycles. The first kappa shape index (κ1) is 24.6. The van der Waals surface area contributed by atoms with Gasteiger partial charge in [0.1, 0.15) is 11.7 Å². The number of hydrogen-bond donors (Lipinski definition) is 0. The van der Waals surface area contributed by atoms with Gasteiger partial charge >= 0.3 is 5.97 Å². The van der Waals surface area contributed by atoms with Crippen molar-refractivity contribution in [1.82, 2.24) is 0 Å². The molecule has 0 bridgehead atoms. The minimum atomic E-state index is -0.612. The van der Waals surface area contributed by atoms with E-state index >= 15 is 0 Å². The van der Waals surface area contributed by atoms with Crippen molar-refractivity contribution in [2.45, 2.75) is 84.3 Å². The Morgan fingerprint density at radius 2 is 1.67 bits per heavy atom. The first-order chi connectivity index (χ1) is 14.6. The highest BCUT2D eigenvalue weighted by Gasteiger charge is 2.29. The van der Waals surface area contributed by atoms with Gasteiger partial charge in [-0.1, -0.05) is 58.8 Å². The minimum absolute atomic E-state index is 0.100. The quantitative estimate of drug-likeness (QED) is 0.207. The molecule has 0 unspecified atom stereocenters. The van der Waals surface area contributed by atoms with Gasteiger partial charge in [-0.25, -0.2) is 4.39 Å². The molecule has 0 aromatic heterocycles. The van der Waals surface area contributed by atoms with Gasteiger partial charge in [0, 0.05) is 6.07 Å². The fourth-order valence-corrected chi connectivity index (χ4v) is 3.33. The zero-order chi connectivity index (χ0) is 21.6. The molecule has 0 atom stereocenters. The number of unbranched alkanes of at least 4 members (excludes halogenated alkanes) is 7. The predicted molar refractivity (Wildman–Crippen MR) is 114 cm³/mol. The van der Waals surface area contributed by atoms with Crippen LogP contribution < -0.4 is 9.47 Å². The maximum absolute atomic E-state index is 14.3. The second kappa shape index (κ2) is 14.4. The van der Waals surface area contributed by atoms with E-state index in [0.717, 1.165) is 38.5 Å². The number of ether oxygens (including phenoxy) is 4. The van der Waals surface area contributed by atoms with Crippen LogP contribution in [0.2, 0.25) is 0 Å². The Kier molecular flexibility index (Phi) is 11.8. The molecule has 0 aliphatic carbocycles. The van der Waals surface area contributed by atoms with E-state index in [-0.39, 0.29) is 25.3 Å². The van der Waals surface area contributed by atoms with Gasteiger partial charge in [-0.05, 0) is 31.4 Å². The van der Waals surface area contributed by atoms with Crippen molar-refractivity contribution in [1.29, 1.82) is 0 Å². The van der Waals surface area contributed by atoms with Crippen molar-refractivity contribution in [2.24, 2.45) is 5.92 Å². The lowest BCUT2D eigenvalue weighted by Gasteiger charge is -2.28. The molecular weight excluding hydrogens is 387 g/mol. The summed E-state index contributed by atoms with van der Waals surface area (Å²) in [4.78, 5) is 12.3. The number of rotatable bonds is 14. The summed E-state index contributed by atoms with van der Waals surface area (Å²) in [6.45, 7) is 5.36. The summed E-state index contributed by atoms with van der Waals surface area (Å²) in [5.74, 6) is -1.35. The average Bonchev–Trinajstić information content (AvgIpc) is 2.75. The summed E-state index contributed by atoms with van der Waals surface area (Å²) in [6.07, 6.45) is 10.9. The maximum Gasteiger partial charge on any atom is 0.319 e. The highest BCUT2D eigenvalue weighted by atomic mass is 19.1. The zero-order valence-electron chi connectivity index (χ0n) is 18.5. The highest BCUT2D eigenvalue weighted by molar-refractivity contribution is 5.75. The lowest BCUT2D eigenvalue weighted by Crippen LogP contribution is -2.38. The van der Waals surface area contributed by atoms with Gasteiger partial charge in [-0.15, -0.1) is 0 Å². The fourth-order valence-electron chi connectivity index (χ4n) is 3.33. The molecule has 0 spiro atoms. The number of esters is 1. The lowest BCUT2D eigenvalue weighted by molar-refractivity contribution is -0.208. The first-order valence-corrected chi connectivity index (χ1v) is 11.5. The molecule has 5 nitrogen and oxygen atoms in total. The Labute approximate surface area is 180 Å². The molecule has 0 N–H and O–H groups in total. The average molecular weight is 425 g/mol.